The molecule has 1 fully saturated rings. The number of carbonyl (C=O) groups is 1. The Kier molecular flexibility index (Phi) is 10.4. The van der Waals surface area contributed by atoms with Gasteiger partial charge in [0.2, 0.25) is 5.91 Å². The van der Waals surface area contributed by atoms with Crippen LogP contribution in [-0.2, 0) is 16.1 Å². The summed E-state index contributed by atoms with van der Waals surface area (Å²) in [7, 11) is 1.62. The number of benzene rings is 3. The zero-order valence-corrected chi connectivity index (χ0v) is 25.4. The van der Waals surface area contributed by atoms with Gasteiger partial charge in [0.15, 0.2) is 17.3 Å². The first-order valence-electron chi connectivity index (χ1n) is 15.1. The molecule has 3 aromatic carbocycles. The van der Waals surface area contributed by atoms with Crippen LogP contribution in [0.3, 0.4) is 0 Å². The molecule has 11 heteroatoms. The van der Waals surface area contributed by atoms with Crippen molar-refractivity contribution in [1.82, 2.24) is 14.9 Å². The van der Waals surface area contributed by atoms with Crippen LogP contribution < -0.4 is 31.6 Å². The van der Waals surface area contributed by atoms with E-state index in [1.807, 2.05) is 61.5 Å². The molecule has 5 rings (SSSR count). The van der Waals surface area contributed by atoms with Crippen molar-refractivity contribution in [2.24, 2.45) is 5.73 Å². The van der Waals surface area contributed by atoms with E-state index in [0.29, 0.717) is 59.6 Å². The number of morpholine rings is 1. The minimum absolute atomic E-state index is 0.0345. The first-order chi connectivity index (χ1) is 21.5. The van der Waals surface area contributed by atoms with Crippen LogP contribution in [0.25, 0.3) is 22.3 Å². The van der Waals surface area contributed by atoms with E-state index in [0.717, 1.165) is 67.9 Å². The van der Waals surface area contributed by atoms with Crippen molar-refractivity contribution in [2.75, 3.05) is 62.9 Å². The topological polar surface area (TPSA) is 150 Å². The number of amides is 1. The normalized spacial score (nSPS) is 13.5. The summed E-state index contributed by atoms with van der Waals surface area (Å²) in [6.45, 7) is 7.20. The molecule has 0 aliphatic carbocycles. The quantitative estimate of drug-likeness (QED) is 0.123. The van der Waals surface area contributed by atoms with Crippen molar-refractivity contribution >= 4 is 39.7 Å². The van der Waals surface area contributed by atoms with Crippen LogP contribution in [0.2, 0.25) is 0 Å². The summed E-state index contributed by atoms with van der Waals surface area (Å²) in [5.74, 6) is 2.23. The fourth-order valence-electron chi connectivity index (χ4n) is 5.11. The minimum Gasteiger partial charge on any atom is -0.493 e. The highest BCUT2D eigenvalue weighted by molar-refractivity contribution is 5.95. The third-order valence-corrected chi connectivity index (χ3v) is 7.47. The van der Waals surface area contributed by atoms with Gasteiger partial charge < -0.3 is 36.3 Å². The van der Waals surface area contributed by atoms with Crippen LogP contribution in [0, 0.1) is 0 Å². The van der Waals surface area contributed by atoms with Crippen molar-refractivity contribution in [1.29, 1.82) is 0 Å². The predicted octanol–water partition coefficient (Wildman–Crippen LogP) is 4.93. The number of fused-ring (bicyclic) bond motifs is 1. The summed E-state index contributed by atoms with van der Waals surface area (Å²) in [5.41, 5.74) is 16.4. The Morgan fingerprint density at radius 3 is 2.66 bits per heavy atom. The molecule has 2 heterocycles. The lowest BCUT2D eigenvalue weighted by molar-refractivity contribution is -0.116. The Balaban J connectivity index is 1.49. The number of nitrogens with two attached hydrogens (primary N) is 2. The van der Waals surface area contributed by atoms with Gasteiger partial charge in [0.25, 0.3) is 0 Å². The van der Waals surface area contributed by atoms with E-state index in [2.05, 4.69) is 15.5 Å². The number of ether oxygens (including phenoxy) is 3. The Bertz CT molecular complexity index is 1590. The molecule has 11 nitrogen and oxygen atoms in total. The van der Waals surface area contributed by atoms with E-state index in [4.69, 9.17) is 35.6 Å². The maximum Gasteiger partial charge on any atom is 0.224 e. The van der Waals surface area contributed by atoms with E-state index >= 15 is 0 Å². The molecule has 44 heavy (non-hydrogen) atoms. The number of nitrogens with zero attached hydrogens (tertiary/aromatic N) is 3. The maximum atomic E-state index is 12.2. The number of hydrogen-bond acceptors (Lipinski definition) is 10. The monoisotopic (exact) mass is 599 g/mol. The molecule has 0 saturated carbocycles. The molecule has 0 spiro atoms. The van der Waals surface area contributed by atoms with Gasteiger partial charge in [-0.05, 0) is 54.8 Å². The molecule has 1 aliphatic rings. The van der Waals surface area contributed by atoms with Crippen LogP contribution in [-0.4, -0.2) is 67.3 Å². The molecule has 1 amide bonds. The van der Waals surface area contributed by atoms with Crippen molar-refractivity contribution in [2.45, 2.75) is 32.7 Å². The number of anilines is 4. The van der Waals surface area contributed by atoms with Crippen molar-refractivity contribution in [3.8, 4) is 22.9 Å². The average molecular weight is 600 g/mol. The van der Waals surface area contributed by atoms with Gasteiger partial charge in [-0.1, -0.05) is 19.1 Å². The lowest BCUT2D eigenvalue weighted by Crippen LogP contribution is -2.37. The SMILES string of the molecule is CCCC(=O)Nc1cccc(-c2nc(Nc3ccc(N)c(CN)c3)c3cc(OCCCN4CCOCC4)c(OC)cc3n2)c1. The first kappa shape index (κ1) is 31.0. The van der Waals surface area contributed by atoms with Gasteiger partial charge in [-0.2, -0.15) is 0 Å². The fourth-order valence-corrected chi connectivity index (χ4v) is 5.11. The zero-order valence-electron chi connectivity index (χ0n) is 25.4. The highest BCUT2D eigenvalue weighted by atomic mass is 16.5. The third kappa shape index (κ3) is 7.73. The second kappa shape index (κ2) is 14.8. The van der Waals surface area contributed by atoms with E-state index in [9.17, 15) is 4.79 Å². The molecule has 0 bridgehead atoms. The number of methoxy groups -OCH3 is 1. The number of nitrogen functional groups attached to an aromatic ring is 1. The number of hydrogen-bond donors (Lipinski definition) is 4. The van der Waals surface area contributed by atoms with Gasteiger partial charge in [-0.15, -0.1) is 0 Å². The van der Waals surface area contributed by atoms with E-state index < -0.39 is 0 Å². The number of nitrogens with one attached hydrogen (secondary N) is 2. The maximum absolute atomic E-state index is 12.2. The van der Waals surface area contributed by atoms with Gasteiger partial charge >= 0.3 is 0 Å². The van der Waals surface area contributed by atoms with Gasteiger partial charge in [0.1, 0.15) is 5.82 Å². The molecule has 1 aromatic heterocycles. The van der Waals surface area contributed by atoms with Gasteiger partial charge in [0, 0.05) is 66.7 Å². The van der Waals surface area contributed by atoms with Gasteiger partial charge in [-0.3, -0.25) is 9.69 Å². The minimum atomic E-state index is -0.0345. The first-order valence-corrected chi connectivity index (χ1v) is 15.1. The standard InChI is InChI=1S/C33H41N7O4/c1-3-6-31(41)36-24-8-4-7-22(17-24)32-38-28-20-29(42-2)30(44-14-5-11-40-12-15-43-16-13-40)19-26(28)33(39-32)37-25-9-10-27(35)23(18-25)21-34/h4,7-10,17-20H,3,5-6,11-16,21,34-35H2,1-2H3,(H,36,41)(H,37,38,39). The van der Waals surface area contributed by atoms with Crippen LogP contribution in [0.15, 0.2) is 54.6 Å². The summed E-state index contributed by atoms with van der Waals surface area (Å²) >= 11 is 0. The van der Waals surface area contributed by atoms with E-state index in [1.165, 1.54) is 0 Å². The van der Waals surface area contributed by atoms with Crippen LogP contribution in [0.1, 0.15) is 31.7 Å². The van der Waals surface area contributed by atoms with Gasteiger partial charge in [0.05, 0.1) is 32.4 Å². The van der Waals surface area contributed by atoms with Crippen molar-refractivity contribution in [3.63, 3.8) is 0 Å². The summed E-state index contributed by atoms with van der Waals surface area (Å²) in [6.07, 6.45) is 2.10. The van der Waals surface area contributed by atoms with E-state index in [1.54, 1.807) is 7.11 Å². The Labute approximate surface area is 257 Å². The van der Waals surface area contributed by atoms with Crippen molar-refractivity contribution in [3.05, 3.63) is 60.2 Å². The highest BCUT2D eigenvalue weighted by Gasteiger charge is 2.17. The van der Waals surface area contributed by atoms with E-state index in [-0.39, 0.29) is 5.91 Å². The highest BCUT2D eigenvalue weighted by Crippen LogP contribution is 2.37. The molecule has 4 aromatic rings. The molecule has 232 valence electrons. The molecule has 6 N–H and O–H groups in total. The van der Waals surface area contributed by atoms with Crippen LogP contribution in [0.5, 0.6) is 11.5 Å². The van der Waals surface area contributed by atoms with Crippen molar-refractivity contribution < 1.29 is 19.0 Å². The molecule has 1 saturated heterocycles. The average Bonchev–Trinajstić information content (AvgIpc) is 3.04. The van der Waals surface area contributed by atoms with Crippen LogP contribution >= 0.6 is 0 Å². The fraction of sp³-hybridized carbons (Fsp3) is 0.364. The molecular weight excluding hydrogens is 558 g/mol. The summed E-state index contributed by atoms with van der Waals surface area (Å²) in [6, 6.07) is 16.9. The zero-order chi connectivity index (χ0) is 30.9. The number of rotatable bonds is 13. The smallest absolute Gasteiger partial charge is 0.224 e. The van der Waals surface area contributed by atoms with Crippen LogP contribution in [0.4, 0.5) is 22.9 Å². The second-order valence-electron chi connectivity index (χ2n) is 10.7. The Hall–Kier alpha value is -4.45. The molecule has 0 radical (unpaired) electrons. The number of aromatic nitrogens is 2. The largest absolute Gasteiger partial charge is 0.493 e. The summed E-state index contributed by atoms with van der Waals surface area (Å²) in [5, 5.41) is 7.17. The second-order valence-corrected chi connectivity index (χ2v) is 10.7. The summed E-state index contributed by atoms with van der Waals surface area (Å²) < 4.78 is 17.4. The lowest BCUT2D eigenvalue weighted by Gasteiger charge is -2.26. The molecule has 0 unspecified atom stereocenters. The molecular formula is C33H41N7O4. The molecule has 0 atom stereocenters. The number of carbonyl (C=O) groups excluding carboxylic acids is 1. The Morgan fingerprint density at radius 2 is 1.89 bits per heavy atom. The summed E-state index contributed by atoms with van der Waals surface area (Å²) in [4.78, 5) is 24.5. The predicted molar refractivity (Wildman–Crippen MR) is 174 cm³/mol. The third-order valence-electron chi connectivity index (χ3n) is 7.47. The Morgan fingerprint density at radius 1 is 1.05 bits per heavy atom. The van der Waals surface area contributed by atoms with Gasteiger partial charge in [-0.25, -0.2) is 9.97 Å². The lowest BCUT2D eigenvalue weighted by atomic mass is 10.1. The molecule has 1 aliphatic heterocycles.